The number of carbonyl (C=O) groups is 1. The first-order valence-corrected chi connectivity index (χ1v) is 14.5. The van der Waals surface area contributed by atoms with Crippen LogP contribution in [0, 0.1) is 0 Å². The monoisotopic (exact) mass is 671 g/mol. The summed E-state index contributed by atoms with van der Waals surface area (Å²) in [4.78, 5) is 27.3. The Balaban J connectivity index is 1.51. The van der Waals surface area contributed by atoms with E-state index < -0.39 is 0 Å². The van der Waals surface area contributed by atoms with Crippen LogP contribution in [0.15, 0.2) is 74.6 Å². The second-order valence-electron chi connectivity index (χ2n) is 9.66. The molecule has 3 aromatic carbocycles. The van der Waals surface area contributed by atoms with Crippen LogP contribution in [-0.2, 0) is 4.79 Å². The van der Waals surface area contributed by atoms with Gasteiger partial charge in [-0.05, 0) is 63.2 Å². The minimum absolute atomic E-state index is 0.0128. The number of benzene rings is 3. The topological polar surface area (TPSA) is 75.2 Å². The number of anilines is 1. The summed E-state index contributed by atoms with van der Waals surface area (Å²) in [5.41, 5.74) is 4.14. The molecule has 1 saturated heterocycles. The second-order valence-corrected chi connectivity index (χ2v) is 11.8. The molecule has 202 valence electrons. The molecule has 4 aromatic rings. The van der Waals surface area contributed by atoms with Gasteiger partial charge in [0.25, 0.3) is 0 Å². The fourth-order valence-corrected chi connectivity index (χ4v) is 6.62. The van der Waals surface area contributed by atoms with Gasteiger partial charge in [0, 0.05) is 58.1 Å². The molecule has 2 heterocycles. The van der Waals surface area contributed by atoms with Crippen molar-refractivity contribution in [3.63, 3.8) is 0 Å². The highest BCUT2D eigenvalue weighted by molar-refractivity contribution is 9.11. The van der Waals surface area contributed by atoms with Crippen LogP contribution in [0.2, 0.25) is 5.02 Å². The number of aromatic nitrogens is 1. The standard InChI is InChI=1S/C29H28Br2ClN5O2/c1-35-10-12-37(13-11-35)17-25(38)36(2)28-22(30)15-20(16-23(28)31)33-27(18-6-4-3-5-7-18)26-21-9-8-19(32)14-24(21)34-29(26)39/h3-9,14-16,34,39H,10-13,17H2,1-2H3. The minimum Gasteiger partial charge on any atom is -0.494 e. The Hall–Kier alpha value is -2.69. The number of H-pyrrole nitrogens is 1. The molecule has 39 heavy (non-hydrogen) atoms. The maximum absolute atomic E-state index is 13.1. The van der Waals surface area contributed by atoms with E-state index in [1.54, 1.807) is 24.1 Å². The Kier molecular flexibility index (Phi) is 8.44. The van der Waals surface area contributed by atoms with Gasteiger partial charge in [0.05, 0.1) is 34.7 Å². The van der Waals surface area contributed by atoms with Gasteiger partial charge in [-0.25, -0.2) is 4.99 Å². The van der Waals surface area contributed by atoms with Crippen LogP contribution < -0.4 is 4.90 Å². The summed E-state index contributed by atoms with van der Waals surface area (Å²) in [7, 11) is 3.89. The number of rotatable bonds is 6. The molecule has 2 N–H and O–H groups in total. The Morgan fingerprint density at radius 1 is 1.05 bits per heavy atom. The van der Waals surface area contributed by atoms with Crippen LogP contribution in [0.4, 0.5) is 11.4 Å². The number of halogens is 3. The number of aliphatic imine (C=N–C) groups is 1. The predicted octanol–water partition coefficient (Wildman–Crippen LogP) is 6.43. The summed E-state index contributed by atoms with van der Waals surface area (Å²) in [5, 5.41) is 12.3. The maximum Gasteiger partial charge on any atom is 0.240 e. The number of aromatic hydroxyl groups is 1. The average molecular weight is 674 g/mol. The summed E-state index contributed by atoms with van der Waals surface area (Å²) >= 11 is 13.5. The van der Waals surface area contributed by atoms with Crippen molar-refractivity contribution in [2.24, 2.45) is 4.99 Å². The number of nitrogens with one attached hydrogen (secondary N) is 1. The molecule has 0 bridgehead atoms. The van der Waals surface area contributed by atoms with Crippen LogP contribution in [0.3, 0.4) is 0 Å². The van der Waals surface area contributed by atoms with Gasteiger partial charge in [0.2, 0.25) is 5.91 Å². The summed E-state index contributed by atoms with van der Waals surface area (Å²) in [5.74, 6) is 0.0309. The molecule has 10 heteroatoms. The molecule has 0 saturated carbocycles. The van der Waals surface area contributed by atoms with Gasteiger partial charge in [-0.2, -0.15) is 0 Å². The zero-order chi connectivity index (χ0) is 27.7. The Morgan fingerprint density at radius 2 is 1.72 bits per heavy atom. The van der Waals surface area contributed by atoms with Crippen molar-refractivity contribution in [2.75, 3.05) is 51.7 Å². The highest BCUT2D eigenvalue weighted by Gasteiger charge is 2.23. The molecule has 0 unspecified atom stereocenters. The van der Waals surface area contributed by atoms with Gasteiger partial charge in [-0.1, -0.05) is 48.0 Å². The lowest BCUT2D eigenvalue weighted by atomic mass is 10.0. The highest BCUT2D eigenvalue weighted by Crippen LogP contribution is 2.39. The van der Waals surface area contributed by atoms with Crippen molar-refractivity contribution in [3.8, 4) is 5.88 Å². The first kappa shape index (κ1) is 27.9. The van der Waals surface area contributed by atoms with Gasteiger partial charge < -0.3 is 19.9 Å². The summed E-state index contributed by atoms with van der Waals surface area (Å²) in [6.07, 6.45) is 0. The molecule has 0 spiro atoms. The fourth-order valence-electron chi connectivity index (χ4n) is 4.75. The largest absolute Gasteiger partial charge is 0.494 e. The van der Waals surface area contributed by atoms with Crippen LogP contribution in [0.5, 0.6) is 5.88 Å². The van der Waals surface area contributed by atoms with E-state index in [0.29, 0.717) is 28.5 Å². The normalized spacial score (nSPS) is 15.2. The number of aromatic amines is 1. The van der Waals surface area contributed by atoms with Crippen LogP contribution in [0.25, 0.3) is 10.9 Å². The number of hydrogen-bond acceptors (Lipinski definition) is 5. The van der Waals surface area contributed by atoms with E-state index in [9.17, 15) is 9.90 Å². The molecule has 5 rings (SSSR count). The van der Waals surface area contributed by atoms with E-state index in [0.717, 1.165) is 57.3 Å². The third-order valence-corrected chi connectivity index (χ3v) is 8.38. The quantitative estimate of drug-likeness (QED) is 0.232. The van der Waals surface area contributed by atoms with Crippen molar-refractivity contribution in [1.29, 1.82) is 0 Å². The molecular weight excluding hydrogens is 646 g/mol. The number of hydrogen-bond donors (Lipinski definition) is 2. The highest BCUT2D eigenvalue weighted by atomic mass is 79.9. The number of fused-ring (bicyclic) bond motifs is 1. The van der Waals surface area contributed by atoms with Crippen molar-refractivity contribution in [2.45, 2.75) is 0 Å². The number of nitrogens with zero attached hydrogens (tertiary/aromatic N) is 4. The van der Waals surface area contributed by atoms with Gasteiger partial charge in [0.15, 0.2) is 5.88 Å². The molecule has 0 aliphatic carbocycles. The van der Waals surface area contributed by atoms with E-state index in [1.807, 2.05) is 48.5 Å². The van der Waals surface area contributed by atoms with Crippen LogP contribution >= 0.6 is 43.5 Å². The van der Waals surface area contributed by atoms with Gasteiger partial charge in [0.1, 0.15) is 0 Å². The molecule has 1 fully saturated rings. The van der Waals surface area contributed by atoms with Crippen molar-refractivity contribution >= 4 is 77.4 Å². The van der Waals surface area contributed by atoms with Crippen LogP contribution in [-0.4, -0.2) is 78.3 Å². The Labute approximate surface area is 249 Å². The SMILES string of the molecule is CN1CCN(CC(=O)N(C)c2c(Br)cc(N=C(c3ccccc3)c3c(O)[nH]c4cc(Cl)ccc34)cc2Br)CC1. The van der Waals surface area contributed by atoms with Crippen molar-refractivity contribution in [1.82, 2.24) is 14.8 Å². The lowest BCUT2D eigenvalue weighted by Crippen LogP contribution is -2.48. The first-order valence-electron chi connectivity index (χ1n) is 12.5. The molecule has 1 amide bonds. The number of likely N-dealkylation sites (N-methyl/N-ethyl adjacent to an activating group) is 2. The van der Waals surface area contributed by atoms with Crippen molar-refractivity contribution < 1.29 is 9.90 Å². The maximum atomic E-state index is 13.1. The zero-order valence-corrected chi connectivity index (χ0v) is 25.5. The average Bonchev–Trinajstić information content (AvgIpc) is 3.23. The molecular formula is C29H28Br2ClN5O2. The molecule has 1 aliphatic heterocycles. The molecule has 7 nitrogen and oxygen atoms in total. The summed E-state index contributed by atoms with van der Waals surface area (Å²) < 4.78 is 1.46. The minimum atomic E-state index is 0.0128. The van der Waals surface area contributed by atoms with E-state index >= 15 is 0 Å². The fraction of sp³-hybridized carbons (Fsp3) is 0.241. The van der Waals surface area contributed by atoms with Crippen LogP contribution in [0.1, 0.15) is 11.1 Å². The van der Waals surface area contributed by atoms with Gasteiger partial charge in [-0.3, -0.25) is 9.69 Å². The summed E-state index contributed by atoms with van der Waals surface area (Å²) in [6, 6.07) is 18.9. The predicted molar refractivity (Wildman–Crippen MR) is 166 cm³/mol. The van der Waals surface area contributed by atoms with Gasteiger partial charge >= 0.3 is 0 Å². The molecule has 1 aliphatic rings. The van der Waals surface area contributed by atoms with E-state index in [1.165, 1.54) is 0 Å². The number of piperazine rings is 1. The lowest BCUT2D eigenvalue weighted by molar-refractivity contribution is -0.119. The third kappa shape index (κ3) is 6.07. The molecule has 0 atom stereocenters. The number of carbonyl (C=O) groups excluding carboxylic acids is 1. The van der Waals surface area contributed by atoms with E-state index in [2.05, 4.69) is 53.7 Å². The molecule has 0 radical (unpaired) electrons. The third-order valence-electron chi connectivity index (χ3n) is 6.93. The smallest absolute Gasteiger partial charge is 0.240 e. The van der Waals surface area contributed by atoms with E-state index in [-0.39, 0.29) is 11.8 Å². The Bertz CT molecular complexity index is 1530. The number of amides is 1. The lowest BCUT2D eigenvalue weighted by Gasteiger charge is -2.33. The van der Waals surface area contributed by atoms with Crippen molar-refractivity contribution in [3.05, 3.63) is 85.8 Å². The zero-order valence-electron chi connectivity index (χ0n) is 21.6. The Morgan fingerprint density at radius 3 is 2.38 bits per heavy atom. The van der Waals surface area contributed by atoms with E-state index in [4.69, 9.17) is 16.6 Å². The summed E-state index contributed by atoms with van der Waals surface area (Å²) in [6.45, 7) is 4.04. The second kappa shape index (κ2) is 11.8. The first-order chi connectivity index (χ1) is 18.7. The van der Waals surface area contributed by atoms with Gasteiger partial charge in [-0.15, -0.1) is 0 Å². The molecule has 1 aromatic heterocycles.